The Kier molecular flexibility index (Phi) is 5.41. The third-order valence-corrected chi connectivity index (χ3v) is 3.97. The molecule has 1 aromatic carbocycles. The van der Waals surface area contributed by atoms with Gasteiger partial charge in [-0.05, 0) is 28.1 Å². The van der Waals surface area contributed by atoms with E-state index in [2.05, 4.69) is 41.0 Å². The van der Waals surface area contributed by atoms with Crippen LogP contribution in [0.15, 0.2) is 33.9 Å². The molecule has 1 N–H and O–H groups in total. The van der Waals surface area contributed by atoms with Crippen LogP contribution in [0.2, 0.25) is 0 Å². The highest BCUT2D eigenvalue weighted by Gasteiger charge is 2.26. The highest BCUT2D eigenvalue weighted by molar-refractivity contribution is 9.10. The number of carbonyl (C=O) groups is 1. The number of aliphatic imine (C=N–C) groups is 1. The van der Waals surface area contributed by atoms with Crippen molar-refractivity contribution in [1.82, 2.24) is 20.2 Å². The molecule has 0 radical (unpaired) electrons. The summed E-state index contributed by atoms with van der Waals surface area (Å²) in [6.45, 7) is 0.261. The predicted molar refractivity (Wildman–Crippen MR) is 93.3 cm³/mol. The summed E-state index contributed by atoms with van der Waals surface area (Å²) in [4.78, 5) is 40.5. The van der Waals surface area contributed by atoms with Gasteiger partial charge in [-0.1, -0.05) is 6.07 Å². The molecule has 3 rings (SSSR count). The SMILES string of the molecule is O=C(OCCO[N+](=O)[O-])N1CCNC1=Nc1cnc2c(Br)cccc2n1. The van der Waals surface area contributed by atoms with Gasteiger partial charge in [0, 0.05) is 17.6 Å². The Hall–Kier alpha value is -3.02. The monoisotopic (exact) mass is 424 g/mol. The first-order chi connectivity index (χ1) is 12.5. The van der Waals surface area contributed by atoms with Crippen LogP contribution in [0.5, 0.6) is 0 Å². The number of hydrogen-bond donors (Lipinski definition) is 1. The fraction of sp³-hybridized carbons (Fsp3) is 0.286. The number of nitrogens with zero attached hydrogens (tertiary/aromatic N) is 5. The number of amides is 1. The molecule has 2 heterocycles. The van der Waals surface area contributed by atoms with E-state index in [0.29, 0.717) is 29.9 Å². The largest absolute Gasteiger partial charge is 0.447 e. The second kappa shape index (κ2) is 7.91. The number of fused-ring (bicyclic) bond motifs is 1. The maximum Gasteiger partial charge on any atom is 0.416 e. The van der Waals surface area contributed by atoms with Crippen molar-refractivity contribution in [3.8, 4) is 0 Å². The standard InChI is InChI=1S/C14H13BrN6O5/c15-9-2-1-3-10-12(9)17-8-11(18-10)19-13-16-4-5-20(13)14(22)25-6-7-26-21(23)24/h1-3,8H,4-7H2,(H,16,18,19). The van der Waals surface area contributed by atoms with E-state index < -0.39 is 11.2 Å². The molecule has 26 heavy (non-hydrogen) atoms. The van der Waals surface area contributed by atoms with Crippen molar-refractivity contribution in [2.24, 2.45) is 4.99 Å². The predicted octanol–water partition coefficient (Wildman–Crippen LogP) is 1.63. The summed E-state index contributed by atoms with van der Waals surface area (Å²) >= 11 is 3.40. The first kappa shape index (κ1) is 17.8. The van der Waals surface area contributed by atoms with Crippen LogP contribution >= 0.6 is 15.9 Å². The van der Waals surface area contributed by atoms with Crippen LogP contribution in [0.25, 0.3) is 11.0 Å². The van der Waals surface area contributed by atoms with Crippen LogP contribution < -0.4 is 5.32 Å². The molecule has 136 valence electrons. The van der Waals surface area contributed by atoms with E-state index in [1.54, 1.807) is 6.07 Å². The van der Waals surface area contributed by atoms with Gasteiger partial charge in [-0.25, -0.2) is 19.7 Å². The molecule has 0 atom stereocenters. The molecule has 2 aromatic rings. The van der Waals surface area contributed by atoms with Crippen molar-refractivity contribution >= 4 is 44.8 Å². The minimum atomic E-state index is -0.950. The molecular weight excluding hydrogens is 412 g/mol. The minimum Gasteiger partial charge on any atom is -0.447 e. The number of nitrogens with one attached hydrogen (secondary N) is 1. The van der Waals surface area contributed by atoms with Gasteiger partial charge in [-0.15, -0.1) is 10.1 Å². The number of aromatic nitrogens is 2. The first-order valence-corrected chi connectivity index (χ1v) is 8.29. The summed E-state index contributed by atoms with van der Waals surface area (Å²) in [6.07, 6.45) is 0.811. The van der Waals surface area contributed by atoms with E-state index >= 15 is 0 Å². The van der Waals surface area contributed by atoms with Crippen LogP contribution in [0.4, 0.5) is 10.6 Å². The average molecular weight is 425 g/mol. The van der Waals surface area contributed by atoms with Gasteiger partial charge in [-0.3, -0.25) is 0 Å². The minimum absolute atomic E-state index is 0.243. The average Bonchev–Trinajstić information content (AvgIpc) is 3.07. The summed E-state index contributed by atoms with van der Waals surface area (Å²) in [7, 11) is 0. The van der Waals surface area contributed by atoms with E-state index in [0.717, 1.165) is 4.47 Å². The molecule has 1 fully saturated rings. The number of benzene rings is 1. The van der Waals surface area contributed by atoms with E-state index in [-0.39, 0.29) is 19.2 Å². The Morgan fingerprint density at radius 3 is 3.12 bits per heavy atom. The zero-order chi connectivity index (χ0) is 18.5. The molecule has 1 aliphatic rings. The molecule has 1 amide bonds. The van der Waals surface area contributed by atoms with Crippen molar-refractivity contribution in [1.29, 1.82) is 0 Å². The van der Waals surface area contributed by atoms with Crippen LogP contribution in [-0.4, -0.2) is 58.3 Å². The zero-order valence-corrected chi connectivity index (χ0v) is 14.9. The second-order valence-corrected chi connectivity index (χ2v) is 5.88. The first-order valence-electron chi connectivity index (χ1n) is 7.50. The number of guanidine groups is 1. The van der Waals surface area contributed by atoms with E-state index in [4.69, 9.17) is 4.74 Å². The van der Waals surface area contributed by atoms with Gasteiger partial charge >= 0.3 is 6.09 Å². The normalized spacial score (nSPS) is 15.1. The van der Waals surface area contributed by atoms with Gasteiger partial charge in [0.1, 0.15) is 18.7 Å². The lowest BCUT2D eigenvalue weighted by Gasteiger charge is -2.15. The lowest BCUT2D eigenvalue weighted by molar-refractivity contribution is -0.757. The van der Waals surface area contributed by atoms with Crippen LogP contribution in [0.1, 0.15) is 0 Å². The highest BCUT2D eigenvalue weighted by atomic mass is 79.9. The summed E-state index contributed by atoms with van der Waals surface area (Å²) in [5, 5.41) is 12.1. The second-order valence-electron chi connectivity index (χ2n) is 5.02. The van der Waals surface area contributed by atoms with Gasteiger partial charge in [-0.2, -0.15) is 4.99 Å². The summed E-state index contributed by atoms with van der Waals surface area (Å²) < 4.78 is 5.75. The van der Waals surface area contributed by atoms with Crippen LogP contribution in [0, 0.1) is 10.1 Å². The van der Waals surface area contributed by atoms with Crippen LogP contribution in [0.3, 0.4) is 0 Å². The molecule has 1 aromatic heterocycles. The van der Waals surface area contributed by atoms with Crippen molar-refractivity contribution in [2.45, 2.75) is 0 Å². The van der Waals surface area contributed by atoms with Gasteiger partial charge in [0.05, 0.1) is 11.7 Å². The van der Waals surface area contributed by atoms with Crippen molar-refractivity contribution in [3.05, 3.63) is 39.0 Å². The molecule has 0 saturated carbocycles. The van der Waals surface area contributed by atoms with E-state index in [1.165, 1.54) is 11.1 Å². The molecule has 0 spiro atoms. The Morgan fingerprint density at radius 1 is 1.46 bits per heavy atom. The topological polar surface area (TPSA) is 132 Å². The number of rotatable bonds is 5. The van der Waals surface area contributed by atoms with Gasteiger partial charge in [0.2, 0.25) is 5.96 Å². The molecule has 1 aliphatic heterocycles. The maximum atomic E-state index is 12.1. The van der Waals surface area contributed by atoms with Gasteiger partial charge < -0.3 is 14.9 Å². The maximum absolute atomic E-state index is 12.1. The summed E-state index contributed by atoms with van der Waals surface area (Å²) in [5.41, 5.74) is 1.36. The van der Waals surface area contributed by atoms with Gasteiger partial charge in [0.25, 0.3) is 5.09 Å². The Bertz CT molecular complexity index is 876. The summed E-state index contributed by atoms with van der Waals surface area (Å²) in [6, 6.07) is 5.50. The summed E-state index contributed by atoms with van der Waals surface area (Å²) in [5.74, 6) is 0.600. The Labute approximate surface area is 155 Å². The molecule has 1 saturated heterocycles. The van der Waals surface area contributed by atoms with E-state index in [9.17, 15) is 14.9 Å². The molecule has 0 bridgehead atoms. The number of hydrogen-bond acceptors (Lipinski definition) is 8. The number of carbonyl (C=O) groups excluding carboxylic acids is 1. The fourth-order valence-corrected chi connectivity index (χ4v) is 2.69. The lowest BCUT2D eigenvalue weighted by atomic mass is 10.3. The van der Waals surface area contributed by atoms with E-state index in [1.807, 2.05) is 12.1 Å². The quantitative estimate of drug-likeness (QED) is 0.434. The third-order valence-electron chi connectivity index (χ3n) is 3.33. The Morgan fingerprint density at radius 2 is 2.31 bits per heavy atom. The number of para-hydroxylation sites is 1. The Balaban J connectivity index is 1.71. The smallest absolute Gasteiger partial charge is 0.416 e. The zero-order valence-electron chi connectivity index (χ0n) is 13.3. The van der Waals surface area contributed by atoms with Crippen LogP contribution in [-0.2, 0) is 9.57 Å². The third kappa shape index (κ3) is 4.14. The van der Waals surface area contributed by atoms with Crippen molar-refractivity contribution in [2.75, 3.05) is 26.3 Å². The molecular formula is C14H13BrN6O5. The molecule has 0 unspecified atom stereocenters. The van der Waals surface area contributed by atoms with Gasteiger partial charge in [0.15, 0.2) is 5.82 Å². The molecule has 12 heteroatoms. The molecule has 0 aliphatic carbocycles. The van der Waals surface area contributed by atoms with Crippen molar-refractivity contribution < 1.29 is 19.5 Å². The number of halogens is 1. The highest BCUT2D eigenvalue weighted by Crippen LogP contribution is 2.22. The van der Waals surface area contributed by atoms with Crippen molar-refractivity contribution in [3.63, 3.8) is 0 Å². The molecule has 11 nitrogen and oxygen atoms in total. The lowest BCUT2D eigenvalue weighted by Crippen LogP contribution is -2.36. The fourth-order valence-electron chi connectivity index (χ4n) is 2.24. The number of ether oxygens (including phenoxy) is 1.